The SMILES string of the molecule is COC(=O)c1cc(F)c2c(c1)CCN(C1CC3(CCCN(C)C3)C1)C2. The van der Waals surface area contributed by atoms with E-state index in [2.05, 4.69) is 16.8 Å². The van der Waals surface area contributed by atoms with Crippen molar-refractivity contribution in [2.75, 3.05) is 33.8 Å². The molecule has 0 aromatic heterocycles. The summed E-state index contributed by atoms with van der Waals surface area (Å²) in [7, 11) is 3.55. The maximum absolute atomic E-state index is 14.5. The van der Waals surface area contributed by atoms with E-state index in [9.17, 15) is 9.18 Å². The fourth-order valence-electron chi connectivity index (χ4n) is 5.17. The maximum Gasteiger partial charge on any atom is 0.337 e. The van der Waals surface area contributed by atoms with Crippen LogP contribution in [0.3, 0.4) is 0 Å². The average Bonchev–Trinajstić information content (AvgIpc) is 2.58. The minimum absolute atomic E-state index is 0.269. The molecule has 1 saturated heterocycles. The van der Waals surface area contributed by atoms with Gasteiger partial charge < -0.3 is 9.64 Å². The van der Waals surface area contributed by atoms with Gasteiger partial charge in [-0.15, -0.1) is 0 Å². The van der Waals surface area contributed by atoms with Crippen LogP contribution in [0.2, 0.25) is 0 Å². The van der Waals surface area contributed by atoms with Gasteiger partial charge in [0.15, 0.2) is 0 Å². The Morgan fingerprint density at radius 3 is 2.84 bits per heavy atom. The fraction of sp³-hybridized carbons (Fsp3) is 0.650. The molecule has 25 heavy (non-hydrogen) atoms. The van der Waals surface area contributed by atoms with Crippen LogP contribution in [0.25, 0.3) is 0 Å². The molecule has 0 radical (unpaired) electrons. The molecular formula is C20H27FN2O2. The molecule has 0 atom stereocenters. The summed E-state index contributed by atoms with van der Waals surface area (Å²) < 4.78 is 19.3. The maximum atomic E-state index is 14.5. The number of carbonyl (C=O) groups excluding carboxylic acids is 1. The molecule has 1 spiro atoms. The van der Waals surface area contributed by atoms with Crippen molar-refractivity contribution in [1.29, 1.82) is 0 Å². The lowest BCUT2D eigenvalue weighted by Gasteiger charge is -2.56. The fourth-order valence-corrected chi connectivity index (χ4v) is 5.17. The number of carbonyl (C=O) groups is 1. The highest BCUT2D eigenvalue weighted by molar-refractivity contribution is 5.89. The quantitative estimate of drug-likeness (QED) is 0.771. The van der Waals surface area contributed by atoms with E-state index in [0.29, 0.717) is 23.6 Å². The van der Waals surface area contributed by atoms with Crippen molar-refractivity contribution >= 4 is 5.97 Å². The van der Waals surface area contributed by atoms with E-state index in [4.69, 9.17) is 4.74 Å². The Morgan fingerprint density at radius 2 is 2.12 bits per heavy atom. The molecule has 3 aliphatic rings. The molecule has 0 unspecified atom stereocenters. The van der Waals surface area contributed by atoms with E-state index in [1.165, 1.54) is 51.9 Å². The number of nitrogens with zero attached hydrogens (tertiary/aromatic N) is 2. The first-order valence-electron chi connectivity index (χ1n) is 9.32. The molecule has 2 aliphatic heterocycles. The van der Waals surface area contributed by atoms with Crippen molar-refractivity contribution in [3.8, 4) is 0 Å². The first-order valence-corrected chi connectivity index (χ1v) is 9.32. The number of benzene rings is 1. The third-order valence-electron chi connectivity index (χ3n) is 6.44. The number of likely N-dealkylation sites (tertiary alicyclic amines) is 1. The van der Waals surface area contributed by atoms with Gasteiger partial charge >= 0.3 is 5.97 Å². The summed E-state index contributed by atoms with van der Waals surface area (Å²) in [5.41, 5.74) is 2.55. The Bertz CT molecular complexity index is 685. The highest BCUT2D eigenvalue weighted by Gasteiger charge is 2.48. The molecule has 0 amide bonds. The van der Waals surface area contributed by atoms with E-state index < -0.39 is 5.97 Å². The molecule has 1 aromatic rings. The van der Waals surface area contributed by atoms with Crippen molar-refractivity contribution in [1.82, 2.24) is 9.80 Å². The van der Waals surface area contributed by atoms with Gasteiger partial charge in [-0.1, -0.05) is 0 Å². The molecular weight excluding hydrogens is 319 g/mol. The molecule has 136 valence electrons. The average molecular weight is 346 g/mol. The number of esters is 1. The van der Waals surface area contributed by atoms with Gasteiger partial charge in [-0.2, -0.15) is 0 Å². The smallest absolute Gasteiger partial charge is 0.337 e. The van der Waals surface area contributed by atoms with Crippen molar-refractivity contribution in [3.63, 3.8) is 0 Å². The van der Waals surface area contributed by atoms with Gasteiger partial charge in [-0.05, 0) is 68.8 Å². The number of halogens is 1. The lowest BCUT2D eigenvalue weighted by molar-refractivity contribution is -0.0491. The van der Waals surface area contributed by atoms with E-state index in [-0.39, 0.29) is 5.82 Å². The normalized spacial score (nSPS) is 30.0. The summed E-state index contributed by atoms with van der Waals surface area (Å²) in [6.45, 7) is 4.05. The van der Waals surface area contributed by atoms with Crippen LogP contribution < -0.4 is 0 Å². The van der Waals surface area contributed by atoms with E-state index >= 15 is 0 Å². The predicted octanol–water partition coefficient (Wildman–Crippen LogP) is 2.84. The van der Waals surface area contributed by atoms with Crippen LogP contribution >= 0.6 is 0 Å². The molecule has 4 nitrogen and oxygen atoms in total. The summed E-state index contributed by atoms with van der Waals surface area (Å²) in [4.78, 5) is 16.6. The number of piperidine rings is 1. The lowest BCUT2D eigenvalue weighted by atomic mass is 9.61. The molecule has 1 aliphatic carbocycles. The zero-order chi connectivity index (χ0) is 17.6. The third kappa shape index (κ3) is 3.08. The third-order valence-corrected chi connectivity index (χ3v) is 6.44. The summed E-state index contributed by atoms with van der Waals surface area (Å²) >= 11 is 0. The second-order valence-electron chi connectivity index (χ2n) is 8.21. The minimum atomic E-state index is -0.466. The molecule has 1 saturated carbocycles. The largest absolute Gasteiger partial charge is 0.465 e. The number of hydrogen-bond donors (Lipinski definition) is 0. The van der Waals surface area contributed by atoms with Crippen molar-refractivity contribution in [2.24, 2.45) is 5.41 Å². The first-order chi connectivity index (χ1) is 12.0. The summed E-state index contributed by atoms with van der Waals surface area (Å²) in [5.74, 6) is -0.736. The van der Waals surface area contributed by atoms with E-state index in [0.717, 1.165) is 24.1 Å². The molecule has 1 aromatic carbocycles. The molecule has 0 bridgehead atoms. The Morgan fingerprint density at radius 1 is 1.32 bits per heavy atom. The number of hydrogen-bond acceptors (Lipinski definition) is 4. The number of ether oxygens (including phenoxy) is 1. The second kappa shape index (κ2) is 6.36. The highest BCUT2D eigenvalue weighted by Crippen LogP contribution is 2.50. The standard InChI is InChI=1S/C20H27FN2O2/c1-22-6-3-5-20(13-22)10-16(11-20)23-7-4-14-8-15(19(24)25-2)9-18(21)17(14)12-23/h8-9,16H,3-7,10-13H2,1-2H3. The zero-order valence-corrected chi connectivity index (χ0v) is 15.2. The molecule has 2 fully saturated rings. The van der Waals surface area contributed by atoms with Crippen molar-refractivity contribution in [2.45, 2.75) is 44.7 Å². The van der Waals surface area contributed by atoms with Crippen LogP contribution in [-0.4, -0.2) is 55.6 Å². The van der Waals surface area contributed by atoms with Crippen LogP contribution in [0.4, 0.5) is 4.39 Å². The summed E-state index contributed by atoms with van der Waals surface area (Å²) in [6, 6.07) is 3.71. The Labute approximate surface area is 148 Å². The molecule has 2 heterocycles. The van der Waals surface area contributed by atoms with Crippen molar-refractivity contribution < 1.29 is 13.9 Å². The van der Waals surface area contributed by atoms with Crippen LogP contribution in [0, 0.1) is 11.2 Å². The summed E-state index contributed by atoms with van der Waals surface area (Å²) in [5, 5.41) is 0. The topological polar surface area (TPSA) is 32.8 Å². The van der Waals surface area contributed by atoms with Gasteiger partial charge in [0, 0.05) is 31.2 Å². The van der Waals surface area contributed by atoms with Crippen LogP contribution in [0.1, 0.15) is 47.2 Å². The number of fused-ring (bicyclic) bond motifs is 1. The van der Waals surface area contributed by atoms with Crippen LogP contribution in [0.5, 0.6) is 0 Å². The second-order valence-corrected chi connectivity index (χ2v) is 8.21. The van der Waals surface area contributed by atoms with Crippen LogP contribution in [-0.2, 0) is 17.7 Å². The number of rotatable bonds is 2. The number of methoxy groups -OCH3 is 1. The van der Waals surface area contributed by atoms with Gasteiger partial charge in [0.25, 0.3) is 0 Å². The van der Waals surface area contributed by atoms with Gasteiger partial charge in [0.2, 0.25) is 0 Å². The van der Waals surface area contributed by atoms with Crippen LogP contribution in [0.15, 0.2) is 12.1 Å². The molecule has 5 heteroatoms. The Hall–Kier alpha value is -1.46. The van der Waals surface area contributed by atoms with Gasteiger partial charge in [0.1, 0.15) is 5.82 Å². The minimum Gasteiger partial charge on any atom is -0.465 e. The van der Waals surface area contributed by atoms with Crippen molar-refractivity contribution in [3.05, 3.63) is 34.6 Å². The first kappa shape index (κ1) is 17.0. The lowest BCUT2D eigenvalue weighted by Crippen LogP contribution is -2.57. The molecule has 4 rings (SSSR count). The molecule has 0 N–H and O–H groups in total. The van der Waals surface area contributed by atoms with Gasteiger partial charge in [0.05, 0.1) is 12.7 Å². The zero-order valence-electron chi connectivity index (χ0n) is 15.2. The summed E-state index contributed by atoms with van der Waals surface area (Å²) in [6.07, 6.45) is 5.94. The predicted molar refractivity (Wildman–Crippen MR) is 94.0 cm³/mol. The Kier molecular flexibility index (Phi) is 4.32. The monoisotopic (exact) mass is 346 g/mol. The highest BCUT2D eigenvalue weighted by atomic mass is 19.1. The van der Waals surface area contributed by atoms with Gasteiger partial charge in [-0.3, -0.25) is 4.90 Å². The van der Waals surface area contributed by atoms with Gasteiger partial charge in [-0.25, -0.2) is 9.18 Å². The Balaban J connectivity index is 1.45. The van der Waals surface area contributed by atoms with E-state index in [1.807, 2.05) is 0 Å². The van der Waals surface area contributed by atoms with E-state index in [1.54, 1.807) is 6.07 Å².